The zero-order valence-corrected chi connectivity index (χ0v) is 18.4. The van der Waals surface area contributed by atoms with Gasteiger partial charge in [-0.15, -0.1) is 0 Å². The summed E-state index contributed by atoms with van der Waals surface area (Å²) in [6.07, 6.45) is 2.67. The van der Waals surface area contributed by atoms with Crippen molar-refractivity contribution < 1.29 is 4.79 Å². The molecule has 29 heavy (non-hydrogen) atoms. The lowest BCUT2D eigenvalue weighted by atomic mass is 9.95. The summed E-state index contributed by atoms with van der Waals surface area (Å²) in [7, 11) is 1.82. The standard InChI is InChI=1S/C23H37N5O/c1-5-22(29)28-13-11-20(16-28)26-23(24-4)25-14-21(17(2)3)27-12-10-18-8-6-7-9-19(18)15-27/h6-9,17,20-21H,5,10-16H2,1-4H3,(H2,24,25,26). The molecule has 2 aliphatic rings. The monoisotopic (exact) mass is 399 g/mol. The number of rotatable bonds is 6. The molecule has 1 amide bonds. The van der Waals surface area contributed by atoms with Crippen LogP contribution in [0.1, 0.15) is 44.7 Å². The molecule has 0 bridgehead atoms. The summed E-state index contributed by atoms with van der Waals surface area (Å²) >= 11 is 0. The van der Waals surface area contributed by atoms with Gasteiger partial charge in [-0.05, 0) is 29.9 Å². The topological polar surface area (TPSA) is 60.0 Å². The van der Waals surface area contributed by atoms with E-state index >= 15 is 0 Å². The quantitative estimate of drug-likeness (QED) is 0.569. The zero-order valence-electron chi connectivity index (χ0n) is 18.4. The first-order valence-corrected chi connectivity index (χ1v) is 11.1. The van der Waals surface area contributed by atoms with Crippen molar-refractivity contribution in [3.05, 3.63) is 35.4 Å². The Labute approximate surface area is 175 Å². The highest BCUT2D eigenvalue weighted by atomic mass is 16.2. The predicted molar refractivity (Wildman–Crippen MR) is 119 cm³/mol. The largest absolute Gasteiger partial charge is 0.355 e. The third-order valence-corrected chi connectivity index (χ3v) is 6.29. The number of nitrogens with zero attached hydrogens (tertiary/aromatic N) is 3. The molecule has 3 rings (SSSR count). The van der Waals surface area contributed by atoms with Gasteiger partial charge in [0.2, 0.25) is 5.91 Å². The number of benzene rings is 1. The van der Waals surface area contributed by atoms with Crippen LogP contribution < -0.4 is 10.6 Å². The third-order valence-electron chi connectivity index (χ3n) is 6.29. The summed E-state index contributed by atoms with van der Waals surface area (Å²) in [4.78, 5) is 20.9. The molecule has 1 saturated heterocycles. The molecule has 160 valence electrons. The average Bonchev–Trinajstić information content (AvgIpc) is 3.20. The Morgan fingerprint density at radius 2 is 2.00 bits per heavy atom. The van der Waals surface area contributed by atoms with Crippen LogP contribution in [0.25, 0.3) is 0 Å². The molecular formula is C23H37N5O. The van der Waals surface area contributed by atoms with Gasteiger partial charge in [-0.2, -0.15) is 0 Å². The summed E-state index contributed by atoms with van der Waals surface area (Å²) in [6, 6.07) is 9.53. The van der Waals surface area contributed by atoms with Crippen molar-refractivity contribution >= 4 is 11.9 Å². The Balaban J connectivity index is 1.54. The minimum absolute atomic E-state index is 0.238. The minimum atomic E-state index is 0.238. The number of amides is 1. The SMILES string of the molecule is CCC(=O)N1CCC(NC(=NC)NCC(C(C)C)N2CCc3ccccc3C2)C1. The number of carbonyl (C=O) groups is 1. The van der Waals surface area contributed by atoms with Gasteiger partial charge in [0, 0.05) is 58.3 Å². The van der Waals surface area contributed by atoms with Gasteiger partial charge in [-0.3, -0.25) is 14.7 Å². The molecule has 2 N–H and O–H groups in total. The number of hydrogen-bond acceptors (Lipinski definition) is 3. The van der Waals surface area contributed by atoms with E-state index in [9.17, 15) is 4.79 Å². The Hall–Kier alpha value is -2.08. The van der Waals surface area contributed by atoms with E-state index in [0.29, 0.717) is 18.4 Å². The molecule has 0 spiro atoms. The molecule has 0 aromatic heterocycles. The molecule has 6 heteroatoms. The molecule has 2 atom stereocenters. The van der Waals surface area contributed by atoms with E-state index in [4.69, 9.17) is 0 Å². The Morgan fingerprint density at radius 1 is 1.24 bits per heavy atom. The molecule has 0 saturated carbocycles. The van der Waals surface area contributed by atoms with E-state index in [2.05, 4.69) is 58.6 Å². The zero-order chi connectivity index (χ0) is 20.8. The van der Waals surface area contributed by atoms with Crippen LogP contribution in [0.15, 0.2) is 29.3 Å². The fraction of sp³-hybridized carbons (Fsp3) is 0.652. The second kappa shape index (κ2) is 10.1. The number of carbonyl (C=O) groups excluding carboxylic acids is 1. The number of nitrogens with one attached hydrogen (secondary N) is 2. The van der Waals surface area contributed by atoms with Gasteiger partial charge in [0.1, 0.15) is 0 Å². The maximum Gasteiger partial charge on any atom is 0.222 e. The molecule has 0 radical (unpaired) electrons. The van der Waals surface area contributed by atoms with Crippen LogP contribution in [0.2, 0.25) is 0 Å². The molecule has 0 aliphatic carbocycles. The summed E-state index contributed by atoms with van der Waals surface area (Å²) in [5.41, 5.74) is 2.95. The van der Waals surface area contributed by atoms with Crippen LogP contribution in [0.3, 0.4) is 0 Å². The van der Waals surface area contributed by atoms with Crippen molar-refractivity contribution in [2.24, 2.45) is 10.9 Å². The Morgan fingerprint density at radius 3 is 2.69 bits per heavy atom. The highest BCUT2D eigenvalue weighted by molar-refractivity contribution is 5.80. The van der Waals surface area contributed by atoms with E-state index < -0.39 is 0 Å². The van der Waals surface area contributed by atoms with Gasteiger partial charge < -0.3 is 15.5 Å². The van der Waals surface area contributed by atoms with Gasteiger partial charge >= 0.3 is 0 Å². The Bertz CT molecular complexity index is 717. The van der Waals surface area contributed by atoms with E-state index in [1.807, 2.05) is 18.9 Å². The van der Waals surface area contributed by atoms with E-state index in [-0.39, 0.29) is 11.9 Å². The van der Waals surface area contributed by atoms with Gasteiger partial charge in [0.15, 0.2) is 5.96 Å². The summed E-state index contributed by atoms with van der Waals surface area (Å²) in [5, 5.41) is 7.06. The highest BCUT2D eigenvalue weighted by Crippen LogP contribution is 2.22. The van der Waals surface area contributed by atoms with E-state index in [1.54, 1.807) is 0 Å². The number of hydrogen-bond donors (Lipinski definition) is 2. The first-order valence-electron chi connectivity index (χ1n) is 11.1. The lowest BCUT2D eigenvalue weighted by Gasteiger charge is -2.38. The third kappa shape index (κ3) is 5.50. The van der Waals surface area contributed by atoms with Crippen LogP contribution in [-0.2, 0) is 17.8 Å². The molecule has 1 aromatic carbocycles. The van der Waals surface area contributed by atoms with Crippen molar-refractivity contribution in [2.45, 2.75) is 58.7 Å². The first kappa shape index (κ1) is 21.6. The molecular weight excluding hydrogens is 362 g/mol. The maximum atomic E-state index is 11.9. The van der Waals surface area contributed by atoms with Crippen LogP contribution >= 0.6 is 0 Å². The van der Waals surface area contributed by atoms with Crippen LogP contribution in [-0.4, -0.2) is 67.0 Å². The molecule has 2 aliphatic heterocycles. The smallest absolute Gasteiger partial charge is 0.222 e. The van der Waals surface area contributed by atoms with Crippen LogP contribution in [0, 0.1) is 5.92 Å². The normalized spacial score (nSPS) is 21.2. The number of fused-ring (bicyclic) bond motifs is 1. The second-order valence-electron chi connectivity index (χ2n) is 8.58. The van der Waals surface area contributed by atoms with Gasteiger partial charge in [-0.25, -0.2) is 0 Å². The van der Waals surface area contributed by atoms with Crippen molar-refractivity contribution in [1.82, 2.24) is 20.4 Å². The molecule has 6 nitrogen and oxygen atoms in total. The van der Waals surface area contributed by atoms with Crippen LogP contribution in [0.4, 0.5) is 0 Å². The number of likely N-dealkylation sites (tertiary alicyclic amines) is 1. The van der Waals surface area contributed by atoms with Crippen molar-refractivity contribution in [3.63, 3.8) is 0 Å². The average molecular weight is 400 g/mol. The summed E-state index contributed by atoms with van der Waals surface area (Å²) in [6.45, 7) is 11.1. The predicted octanol–water partition coefficient (Wildman–Crippen LogP) is 2.25. The lowest BCUT2D eigenvalue weighted by molar-refractivity contribution is -0.129. The number of guanidine groups is 1. The minimum Gasteiger partial charge on any atom is -0.355 e. The molecule has 2 heterocycles. The lowest BCUT2D eigenvalue weighted by Crippen LogP contribution is -2.52. The van der Waals surface area contributed by atoms with Crippen molar-refractivity contribution in [3.8, 4) is 0 Å². The highest BCUT2D eigenvalue weighted by Gasteiger charge is 2.28. The second-order valence-corrected chi connectivity index (χ2v) is 8.58. The fourth-order valence-electron chi connectivity index (χ4n) is 4.50. The van der Waals surface area contributed by atoms with Crippen LogP contribution in [0.5, 0.6) is 0 Å². The maximum absolute atomic E-state index is 11.9. The molecule has 1 fully saturated rings. The number of aliphatic imine (C=N–C) groups is 1. The van der Waals surface area contributed by atoms with E-state index in [1.165, 1.54) is 11.1 Å². The molecule has 1 aromatic rings. The van der Waals surface area contributed by atoms with Crippen molar-refractivity contribution in [1.29, 1.82) is 0 Å². The molecule has 2 unspecified atom stereocenters. The summed E-state index contributed by atoms with van der Waals surface area (Å²) < 4.78 is 0. The first-order chi connectivity index (χ1) is 14.0. The Kier molecular flexibility index (Phi) is 7.53. The van der Waals surface area contributed by atoms with Gasteiger partial charge in [-0.1, -0.05) is 45.0 Å². The fourth-order valence-corrected chi connectivity index (χ4v) is 4.50. The van der Waals surface area contributed by atoms with Gasteiger partial charge in [0.05, 0.1) is 0 Å². The van der Waals surface area contributed by atoms with E-state index in [0.717, 1.165) is 51.5 Å². The van der Waals surface area contributed by atoms with Gasteiger partial charge in [0.25, 0.3) is 0 Å². The van der Waals surface area contributed by atoms with Crippen molar-refractivity contribution in [2.75, 3.05) is 33.2 Å². The summed E-state index contributed by atoms with van der Waals surface area (Å²) in [5.74, 6) is 1.63.